The summed E-state index contributed by atoms with van der Waals surface area (Å²) in [7, 11) is 0. The summed E-state index contributed by atoms with van der Waals surface area (Å²) >= 11 is 1.15. The van der Waals surface area contributed by atoms with E-state index < -0.39 is 23.6 Å². The van der Waals surface area contributed by atoms with Crippen molar-refractivity contribution >= 4 is 17.7 Å². The molecule has 0 radical (unpaired) electrons. The molecule has 1 aromatic carbocycles. The van der Waals surface area contributed by atoms with Crippen molar-refractivity contribution in [1.29, 1.82) is 5.26 Å². The van der Waals surface area contributed by atoms with E-state index in [2.05, 4.69) is 0 Å². The highest BCUT2D eigenvalue weighted by molar-refractivity contribution is 7.98. The van der Waals surface area contributed by atoms with Crippen LogP contribution in [0.4, 0.5) is 13.2 Å². The minimum absolute atomic E-state index is 0.00276. The van der Waals surface area contributed by atoms with Gasteiger partial charge in [0.05, 0.1) is 23.7 Å². The number of nitrogens with two attached hydrogens (primary N) is 1. The third-order valence-corrected chi connectivity index (χ3v) is 4.70. The molecule has 0 aliphatic carbocycles. The van der Waals surface area contributed by atoms with Gasteiger partial charge in [0.1, 0.15) is 17.4 Å². The van der Waals surface area contributed by atoms with Crippen LogP contribution in [0.1, 0.15) is 30.9 Å². The Kier molecular flexibility index (Phi) is 6.11. The lowest BCUT2D eigenvalue weighted by molar-refractivity contribution is -0.141. The Morgan fingerprint density at radius 2 is 2.11 bits per heavy atom. The van der Waals surface area contributed by atoms with Crippen LogP contribution in [-0.4, -0.2) is 18.8 Å². The first-order valence-corrected chi connectivity index (χ1v) is 9.08. The molecule has 0 spiro atoms. The number of carbonyl (C=O) groups excluding carboxylic acids is 1. The lowest BCUT2D eigenvalue weighted by Crippen LogP contribution is -2.27. The zero-order valence-electron chi connectivity index (χ0n) is 14.8. The summed E-state index contributed by atoms with van der Waals surface area (Å²) in [5.41, 5.74) is 4.07. The van der Waals surface area contributed by atoms with E-state index in [1.54, 1.807) is 19.2 Å². The average Bonchev–Trinajstić information content (AvgIpc) is 2.60. The Balaban J connectivity index is 2.79. The number of rotatable bonds is 4. The van der Waals surface area contributed by atoms with Crippen molar-refractivity contribution in [3.05, 3.63) is 52.1 Å². The number of hydrogen-bond donors (Lipinski definition) is 1. The van der Waals surface area contributed by atoms with E-state index >= 15 is 0 Å². The number of esters is 1. The van der Waals surface area contributed by atoms with Gasteiger partial charge in [0.15, 0.2) is 0 Å². The van der Waals surface area contributed by atoms with E-state index in [0.717, 1.165) is 17.8 Å². The summed E-state index contributed by atoms with van der Waals surface area (Å²) in [4.78, 5) is 12.8. The van der Waals surface area contributed by atoms with E-state index in [1.165, 1.54) is 19.1 Å². The molecule has 0 saturated carbocycles. The molecule has 1 aliphatic rings. The van der Waals surface area contributed by atoms with Crippen LogP contribution in [0, 0.1) is 11.3 Å². The Hall–Kier alpha value is -2.60. The molecule has 0 amide bonds. The number of allylic oxidation sites excluding steroid dienone is 2. The summed E-state index contributed by atoms with van der Waals surface area (Å²) in [6, 6.07) is 5.50. The number of benzene rings is 1. The fourth-order valence-electron chi connectivity index (χ4n) is 2.83. The number of nitriles is 1. The van der Waals surface area contributed by atoms with E-state index in [4.69, 9.17) is 15.2 Å². The monoisotopic (exact) mass is 398 g/mol. The zero-order chi connectivity index (χ0) is 20.4. The molecule has 2 rings (SSSR count). The van der Waals surface area contributed by atoms with Crippen LogP contribution in [0.25, 0.3) is 0 Å². The molecule has 9 heteroatoms. The SMILES string of the molecule is CCOC(=O)C1=C(C)OC(N)=C(C#N)C1c1ccc(SC)cc1C(F)(F)F. The van der Waals surface area contributed by atoms with Gasteiger partial charge in [-0.1, -0.05) is 6.07 Å². The first-order valence-electron chi connectivity index (χ1n) is 7.86. The van der Waals surface area contributed by atoms with Crippen molar-refractivity contribution in [2.45, 2.75) is 30.8 Å². The molecule has 27 heavy (non-hydrogen) atoms. The van der Waals surface area contributed by atoms with Gasteiger partial charge >= 0.3 is 12.1 Å². The molecule has 0 fully saturated rings. The van der Waals surface area contributed by atoms with Crippen LogP contribution in [0.15, 0.2) is 45.9 Å². The van der Waals surface area contributed by atoms with Crippen LogP contribution in [0.5, 0.6) is 0 Å². The van der Waals surface area contributed by atoms with Gasteiger partial charge in [0, 0.05) is 4.90 Å². The Bertz CT molecular complexity index is 870. The molecular formula is C18H17F3N2O3S. The number of halogens is 3. The van der Waals surface area contributed by atoms with Gasteiger partial charge in [-0.15, -0.1) is 11.8 Å². The molecule has 0 bridgehead atoms. The Morgan fingerprint density at radius 3 is 2.63 bits per heavy atom. The molecule has 0 saturated heterocycles. The molecule has 144 valence electrons. The summed E-state index contributed by atoms with van der Waals surface area (Å²) in [6.07, 6.45) is -3.04. The summed E-state index contributed by atoms with van der Waals surface area (Å²) < 4.78 is 51.3. The second-order valence-electron chi connectivity index (χ2n) is 5.57. The average molecular weight is 398 g/mol. The second kappa shape index (κ2) is 7.96. The van der Waals surface area contributed by atoms with E-state index in [9.17, 15) is 23.2 Å². The second-order valence-corrected chi connectivity index (χ2v) is 6.45. The fraction of sp³-hybridized carbons (Fsp3) is 0.333. The predicted molar refractivity (Wildman–Crippen MR) is 93.2 cm³/mol. The van der Waals surface area contributed by atoms with Crippen LogP contribution in [0.3, 0.4) is 0 Å². The summed E-state index contributed by atoms with van der Waals surface area (Å²) in [5, 5.41) is 9.48. The maximum atomic E-state index is 13.7. The van der Waals surface area contributed by atoms with Crippen molar-refractivity contribution in [2.24, 2.45) is 5.73 Å². The van der Waals surface area contributed by atoms with E-state index in [0.29, 0.717) is 4.90 Å². The lowest BCUT2D eigenvalue weighted by atomic mass is 9.81. The molecular weight excluding hydrogens is 381 g/mol. The Labute approximate surface area is 158 Å². The smallest absolute Gasteiger partial charge is 0.416 e. The molecule has 1 aromatic rings. The van der Waals surface area contributed by atoms with Gasteiger partial charge in [-0.3, -0.25) is 0 Å². The first kappa shape index (κ1) is 20.7. The molecule has 1 aliphatic heterocycles. The molecule has 1 atom stereocenters. The maximum Gasteiger partial charge on any atom is 0.416 e. The highest BCUT2D eigenvalue weighted by Crippen LogP contribution is 2.45. The van der Waals surface area contributed by atoms with Crippen LogP contribution >= 0.6 is 11.8 Å². The molecule has 1 unspecified atom stereocenters. The molecule has 2 N–H and O–H groups in total. The van der Waals surface area contributed by atoms with E-state index in [1.807, 2.05) is 0 Å². The number of thioether (sulfide) groups is 1. The fourth-order valence-corrected chi connectivity index (χ4v) is 3.27. The molecule has 5 nitrogen and oxygen atoms in total. The maximum absolute atomic E-state index is 13.7. The number of hydrogen-bond acceptors (Lipinski definition) is 6. The minimum atomic E-state index is -4.69. The van der Waals surface area contributed by atoms with Gasteiger partial charge in [0.2, 0.25) is 5.88 Å². The molecule has 0 aromatic heterocycles. The van der Waals surface area contributed by atoms with Gasteiger partial charge in [-0.05, 0) is 37.8 Å². The standard InChI is InChI=1S/C18H17F3N2O3S/c1-4-25-17(24)14-9(2)26-16(23)12(8-22)15(14)11-6-5-10(27-3)7-13(11)18(19,20)21/h5-7,15H,4,23H2,1-3H3. The highest BCUT2D eigenvalue weighted by Gasteiger charge is 2.42. The quantitative estimate of drug-likeness (QED) is 0.608. The third kappa shape index (κ3) is 4.06. The van der Waals surface area contributed by atoms with Gasteiger partial charge in [-0.25, -0.2) is 4.79 Å². The van der Waals surface area contributed by atoms with Gasteiger partial charge < -0.3 is 15.2 Å². The van der Waals surface area contributed by atoms with Crippen molar-refractivity contribution in [3.63, 3.8) is 0 Å². The summed E-state index contributed by atoms with van der Waals surface area (Å²) in [6.45, 7) is 2.97. The van der Waals surface area contributed by atoms with Crippen molar-refractivity contribution in [3.8, 4) is 6.07 Å². The highest BCUT2D eigenvalue weighted by atomic mass is 32.2. The number of carbonyl (C=O) groups is 1. The Morgan fingerprint density at radius 1 is 1.44 bits per heavy atom. The van der Waals surface area contributed by atoms with Crippen LogP contribution in [-0.2, 0) is 20.4 Å². The predicted octanol–water partition coefficient (Wildman–Crippen LogP) is 4.07. The number of alkyl halides is 3. The molecule has 1 heterocycles. The number of ether oxygens (including phenoxy) is 2. The van der Waals surface area contributed by atoms with Crippen molar-refractivity contribution in [2.75, 3.05) is 12.9 Å². The van der Waals surface area contributed by atoms with Gasteiger partial charge in [-0.2, -0.15) is 18.4 Å². The van der Waals surface area contributed by atoms with E-state index in [-0.39, 0.29) is 35.0 Å². The lowest BCUT2D eigenvalue weighted by Gasteiger charge is -2.28. The largest absolute Gasteiger partial charge is 0.463 e. The van der Waals surface area contributed by atoms with Gasteiger partial charge in [0.25, 0.3) is 0 Å². The minimum Gasteiger partial charge on any atom is -0.463 e. The normalized spacial score (nSPS) is 17.4. The number of nitrogens with zero attached hydrogens (tertiary/aromatic N) is 1. The zero-order valence-corrected chi connectivity index (χ0v) is 15.6. The van der Waals surface area contributed by atoms with Crippen LogP contribution in [0.2, 0.25) is 0 Å². The topological polar surface area (TPSA) is 85.3 Å². The summed E-state index contributed by atoms with van der Waals surface area (Å²) in [5.74, 6) is -2.54. The third-order valence-electron chi connectivity index (χ3n) is 3.98. The van der Waals surface area contributed by atoms with Crippen molar-refractivity contribution < 1.29 is 27.4 Å². The van der Waals surface area contributed by atoms with Crippen molar-refractivity contribution in [1.82, 2.24) is 0 Å². The van der Waals surface area contributed by atoms with Crippen LogP contribution < -0.4 is 5.73 Å². The first-order chi connectivity index (χ1) is 12.6.